The Balaban J connectivity index is 1.39. The second kappa shape index (κ2) is 8.76. The molecule has 10 heteroatoms. The van der Waals surface area contributed by atoms with Crippen LogP contribution in [-0.2, 0) is 7.05 Å². The number of nitrogens with one attached hydrogen (secondary N) is 1. The van der Waals surface area contributed by atoms with E-state index in [-0.39, 0.29) is 11.9 Å². The first-order valence-electron chi connectivity index (χ1n) is 10.6. The van der Waals surface area contributed by atoms with Gasteiger partial charge in [0.15, 0.2) is 0 Å². The van der Waals surface area contributed by atoms with Crippen LogP contribution in [0.4, 0.5) is 11.8 Å². The summed E-state index contributed by atoms with van der Waals surface area (Å²) in [5, 5.41) is 8.20. The maximum absolute atomic E-state index is 13.0. The van der Waals surface area contributed by atoms with Crippen molar-refractivity contribution in [2.24, 2.45) is 7.05 Å². The minimum Gasteiger partial charge on any atom is -0.353 e. The lowest BCUT2D eigenvalue weighted by atomic mass is 10.1. The van der Waals surface area contributed by atoms with Gasteiger partial charge in [-0.15, -0.1) is 0 Å². The Morgan fingerprint density at radius 2 is 1.85 bits per heavy atom. The lowest BCUT2D eigenvalue weighted by Crippen LogP contribution is -2.45. The molecule has 1 fully saturated rings. The van der Waals surface area contributed by atoms with Gasteiger partial charge in [-0.25, -0.2) is 15.0 Å². The fourth-order valence-corrected chi connectivity index (χ4v) is 4.17. The van der Waals surface area contributed by atoms with E-state index in [1.165, 1.54) is 0 Å². The average molecular weight is 463 g/mol. The summed E-state index contributed by atoms with van der Waals surface area (Å²) in [6.07, 6.45) is 7.04. The van der Waals surface area contributed by atoms with Crippen molar-refractivity contribution in [3.8, 4) is 11.1 Å². The maximum Gasteiger partial charge on any atom is 0.259 e. The molecule has 4 aromatic rings. The Morgan fingerprint density at radius 3 is 2.61 bits per heavy atom. The molecule has 0 unspecified atom stereocenters. The summed E-state index contributed by atoms with van der Waals surface area (Å²) in [5.41, 5.74) is 3.04. The maximum atomic E-state index is 13.0. The van der Waals surface area contributed by atoms with E-state index < -0.39 is 0 Å². The third kappa shape index (κ3) is 4.37. The molecule has 0 aliphatic carbocycles. The van der Waals surface area contributed by atoms with Crippen LogP contribution in [0.25, 0.3) is 22.0 Å². The summed E-state index contributed by atoms with van der Waals surface area (Å²) in [6, 6.07) is 7.51. The second-order valence-corrected chi connectivity index (χ2v) is 8.49. The van der Waals surface area contributed by atoms with Crippen molar-refractivity contribution in [2.45, 2.75) is 0 Å². The molecule has 9 nitrogen and oxygen atoms in total. The molecule has 0 atom stereocenters. The van der Waals surface area contributed by atoms with Crippen LogP contribution in [0.1, 0.15) is 10.4 Å². The topological polar surface area (TPSA) is 92.1 Å². The van der Waals surface area contributed by atoms with Gasteiger partial charge in [0.25, 0.3) is 5.91 Å². The van der Waals surface area contributed by atoms with Gasteiger partial charge in [0.05, 0.1) is 22.3 Å². The predicted octanol–water partition coefficient (Wildman–Crippen LogP) is 3.08. The molecule has 1 saturated heterocycles. The number of benzene rings is 1. The molecule has 0 saturated carbocycles. The van der Waals surface area contributed by atoms with E-state index >= 15 is 0 Å². The minimum atomic E-state index is -0.374. The number of pyridine rings is 1. The molecule has 1 amide bonds. The fraction of sp³-hybridized carbons (Fsp3) is 0.261. The largest absolute Gasteiger partial charge is 0.353 e. The first kappa shape index (κ1) is 21.3. The molecule has 4 heterocycles. The van der Waals surface area contributed by atoms with E-state index in [0.717, 1.165) is 48.2 Å². The Labute approximate surface area is 196 Å². The quantitative estimate of drug-likeness (QED) is 0.498. The number of carbonyl (C=O) groups excluding carboxylic acids is 1. The summed E-state index contributed by atoms with van der Waals surface area (Å²) in [7, 11) is 3.96. The van der Waals surface area contributed by atoms with Gasteiger partial charge in [-0.1, -0.05) is 23.7 Å². The van der Waals surface area contributed by atoms with Gasteiger partial charge in [-0.05, 0) is 24.7 Å². The number of nitrogens with zero attached hydrogens (tertiary/aromatic N) is 7. The van der Waals surface area contributed by atoms with E-state index in [1.54, 1.807) is 29.3 Å². The Bertz CT molecular complexity index is 1330. The SMILES string of the molecule is CN1CCN(c2nccc(C(=O)Nc3ncc4ccc(-c5cnn(C)c5)cc4n3)c2Cl)CC1. The molecule has 1 aromatic carbocycles. The van der Waals surface area contributed by atoms with Gasteiger partial charge in [0, 0.05) is 62.8 Å². The number of fused-ring (bicyclic) bond motifs is 1. The number of aromatic nitrogens is 5. The fourth-order valence-electron chi connectivity index (χ4n) is 3.85. The van der Waals surface area contributed by atoms with Crippen LogP contribution in [-0.4, -0.2) is 68.8 Å². The molecule has 3 aromatic heterocycles. The molecule has 1 N–H and O–H groups in total. The normalized spacial score (nSPS) is 14.6. The highest BCUT2D eigenvalue weighted by molar-refractivity contribution is 6.36. The highest BCUT2D eigenvalue weighted by Gasteiger charge is 2.22. The smallest absolute Gasteiger partial charge is 0.259 e. The number of rotatable bonds is 4. The zero-order valence-corrected chi connectivity index (χ0v) is 19.1. The second-order valence-electron chi connectivity index (χ2n) is 8.11. The number of hydrogen-bond donors (Lipinski definition) is 1. The van der Waals surface area contributed by atoms with E-state index in [1.807, 2.05) is 31.4 Å². The predicted molar refractivity (Wildman–Crippen MR) is 129 cm³/mol. The average Bonchev–Trinajstić information content (AvgIpc) is 3.25. The molecule has 1 aliphatic heterocycles. The van der Waals surface area contributed by atoms with E-state index in [2.05, 4.69) is 42.2 Å². The van der Waals surface area contributed by atoms with Gasteiger partial charge in [0.1, 0.15) is 5.82 Å². The summed E-state index contributed by atoms with van der Waals surface area (Å²) >= 11 is 6.60. The summed E-state index contributed by atoms with van der Waals surface area (Å²) in [4.78, 5) is 30.6. The number of aryl methyl sites for hydroxylation is 1. The van der Waals surface area contributed by atoms with Crippen molar-refractivity contribution in [3.05, 3.63) is 59.6 Å². The molecule has 1 aliphatic rings. The van der Waals surface area contributed by atoms with Gasteiger partial charge in [-0.3, -0.25) is 14.8 Å². The molecule has 0 radical (unpaired) electrons. The number of anilines is 2. The van der Waals surface area contributed by atoms with Gasteiger partial charge < -0.3 is 9.80 Å². The molecule has 168 valence electrons. The number of carbonyl (C=O) groups is 1. The van der Waals surface area contributed by atoms with E-state index in [4.69, 9.17) is 11.6 Å². The number of hydrogen-bond acceptors (Lipinski definition) is 7. The van der Waals surface area contributed by atoms with E-state index in [9.17, 15) is 4.79 Å². The molecular weight excluding hydrogens is 440 g/mol. The Morgan fingerprint density at radius 1 is 1.03 bits per heavy atom. The Kier molecular flexibility index (Phi) is 5.65. The van der Waals surface area contributed by atoms with Crippen molar-refractivity contribution >= 4 is 40.2 Å². The van der Waals surface area contributed by atoms with Crippen LogP contribution < -0.4 is 10.2 Å². The Hall–Kier alpha value is -3.56. The summed E-state index contributed by atoms with van der Waals surface area (Å²) < 4.78 is 1.75. The van der Waals surface area contributed by atoms with Gasteiger partial charge in [-0.2, -0.15) is 5.10 Å². The van der Waals surface area contributed by atoms with Crippen molar-refractivity contribution in [3.63, 3.8) is 0 Å². The number of likely N-dealkylation sites (N-methyl/N-ethyl adjacent to an activating group) is 1. The monoisotopic (exact) mass is 462 g/mol. The lowest BCUT2D eigenvalue weighted by Gasteiger charge is -2.33. The molecule has 5 rings (SSSR count). The van der Waals surface area contributed by atoms with Gasteiger partial charge >= 0.3 is 0 Å². The van der Waals surface area contributed by atoms with E-state index in [0.29, 0.717) is 16.4 Å². The van der Waals surface area contributed by atoms with Crippen LogP contribution in [0, 0.1) is 0 Å². The third-order valence-electron chi connectivity index (χ3n) is 5.76. The molecular formula is C23H23ClN8O. The first-order chi connectivity index (χ1) is 16.0. The highest BCUT2D eigenvalue weighted by Crippen LogP contribution is 2.28. The summed E-state index contributed by atoms with van der Waals surface area (Å²) in [6.45, 7) is 3.45. The molecule has 0 bridgehead atoms. The van der Waals surface area contributed by atoms with Crippen molar-refractivity contribution in [1.82, 2.24) is 29.6 Å². The van der Waals surface area contributed by atoms with Crippen LogP contribution in [0.5, 0.6) is 0 Å². The summed E-state index contributed by atoms with van der Waals surface area (Å²) in [5.74, 6) is 0.461. The van der Waals surface area contributed by atoms with Crippen LogP contribution in [0.2, 0.25) is 5.02 Å². The number of halogens is 1. The lowest BCUT2D eigenvalue weighted by molar-refractivity contribution is 0.102. The molecule has 0 spiro atoms. The minimum absolute atomic E-state index is 0.213. The zero-order chi connectivity index (χ0) is 22.9. The number of piperazine rings is 1. The van der Waals surface area contributed by atoms with Crippen molar-refractivity contribution < 1.29 is 4.79 Å². The third-order valence-corrected chi connectivity index (χ3v) is 6.14. The standard InChI is InChI=1S/C23H23ClN8O/c1-30-7-9-32(10-8-30)21-20(24)18(5-6-25-21)22(33)29-23-26-12-16-4-3-15(11-19(16)28-23)17-13-27-31(2)14-17/h3-6,11-14H,7-10H2,1-2H3,(H,26,28,29,33). The van der Waals surface area contributed by atoms with Crippen LogP contribution >= 0.6 is 11.6 Å². The van der Waals surface area contributed by atoms with Crippen LogP contribution in [0.3, 0.4) is 0 Å². The van der Waals surface area contributed by atoms with Crippen LogP contribution in [0.15, 0.2) is 49.1 Å². The van der Waals surface area contributed by atoms with Crippen molar-refractivity contribution in [2.75, 3.05) is 43.4 Å². The highest BCUT2D eigenvalue weighted by atomic mass is 35.5. The zero-order valence-electron chi connectivity index (χ0n) is 18.4. The first-order valence-corrected chi connectivity index (χ1v) is 11.0. The van der Waals surface area contributed by atoms with Crippen molar-refractivity contribution in [1.29, 1.82) is 0 Å². The van der Waals surface area contributed by atoms with Gasteiger partial charge in [0.2, 0.25) is 5.95 Å². The molecule has 33 heavy (non-hydrogen) atoms. The number of amides is 1.